The number of carbonyl (C=O) groups excluding carboxylic acids is 2. The highest BCUT2D eigenvalue weighted by molar-refractivity contribution is 5.97. The Morgan fingerprint density at radius 1 is 1.08 bits per heavy atom. The van der Waals surface area contributed by atoms with Crippen molar-refractivity contribution in [3.05, 3.63) is 35.6 Å². The van der Waals surface area contributed by atoms with Gasteiger partial charge in [0.15, 0.2) is 0 Å². The van der Waals surface area contributed by atoms with Gasteiger partial charge in [-0.1, -0.05) is 0 Å². The molecule has 134 valence electrons. The molecule has 4 nitrogen and oxygen atoms in total. The number of ether oxygens (including phenoxy) is 1. The lowest BCUT2D eigenvalue weighted by atomic mass is 9.47. The first-order valence-electron chi connectivity index (χ1n) is 9.13. The Labute approximate surface area is 147 Å². The number of hydrogen-bond acceptors (Lipinski definition) is 3. The standard InChI is InChI=1S/C20H24FNO3/c1-25-19(24)17(22-18(23)15-2-4-16(21)5-3-15)20-9-12-6-13(10-20)8-14(7-12)11-20/h2-5,12-14,17H,6-11H2,1H3,(H,22,23). The summed E-state index contributed by atoms with van der Waals surface area (Å²) in [6, 6.07) is 4.78. The van der Waals surface area contributed by atoms with E-state index in [1.165, 1.54) is 50.6 Å². The molecule has 25 heavy (non-hydrogen) atoms. The maximum Gasteiger partial charge on any atom is 0.328 e. The van der Waals surface area contributed by atoms with Crippen molar-refractivity contribution in [2.75, 3.05) is 7.11 Å². The van der Waals surface area contributed by atoms with Crippen molar-refractivity contribution in [3.8, 4) is 0 Å². The molecule has 4 fully saturated rings. The third kappa shape index (κ3) is 2.94. The lowest BCUT2D eigenvalue weighted by molar-refractivity contribution is -0.154. The highest BCUT2D eigenvalue weighted by atomic mass is 19.1. The predicted octanol–water partition coefficient (Wildman–Crippen LogP) is 3.31. The molecule has 1 amide bonds. The molecular formula is C20H24FNO3. The second-order valence-electron chi connectivity index (χ2n) is 8.22. The topological polar surface area (TPSA) is 55.4 Å². The van der Waals surface area contributed by atoms with Crippen LogP contribution in [0.2, 0.25) is 0 Å². The van der Waals surface area contributed by atoms with Crippen molar-refractivity contribution in [2.24, 2.45) is 23.2 Å². The van der Waals surface area contributed by atoms with Crippen LogP contribution in [0.1, 0.15) is 48.9 Å². The van der Waals surface area contributed by atoms with Gasteiger partial charge in [0, 0.05) is 11.0 Å². The number of amides is 1. The quantitative estimate of drug-likeness (QED) is 0.852. The number of rotatable bonds is 4. The fraction of sp³-hybridized carbons (Fsp3) is 0.600. The van der Waals surface area contributed by atoms with Gasteiger partial charge in [0.25, 0.3) is 5.91 Å². The molecule has 0 heterocycles. The Hall–Kier alpha value is -1.91. The smallest absolute Gasteiger partial charge is 0.328 e. The normalized spacial score (nSPS) is 33.8. The van der Waals surface area contributed by atoms with Crippen LogP contribution in [0.5, 0.6) is 0 Å². The van der Waals surface area contributed by atoms with Gasteiger partial charge in [0.1, 0.15) is 11.9 Å². The highest BCUT2D eigenvalue weighted by Crippen LogP contribution is 2.61. The molecule has 0 aromatic heterocycles. The molecule has 5 rings (SSSR count). The molecule has 4 aliphatic carbocycles. The SMILES string of the molecule is COC(=O)C(NC(=O)c1ccc(F)cc1)C12CC3CC(CC(C3)C1)C2. The number of halogens is 1. The molecule has 1 aromatic carbocycles. The molecule has 1 aromatic rings. The number of hydrogen-bond donors (Lipinski definition) is 1. The summed E-state index contributed by atoms with van der Waals surface area (Å²) in [6.45, 7) is 0. The number of methoxy groups -OCH3 is 1. The van der Waals surface area contributed by atoms with Crippen molar-refractivity contribution < 1.29 is 18.7 Å². The molecule has 0 spiro atoms. The van der Waals surface area contributed by atoms with Crippen molar-refractivity contribution in [2.45, 2.75) is 44.6 Å². The molecule has 0 saturated heterocycles. The minimum atomic E-state index is -0.622. The second-order valence-corrected chi connectivity index (χ2v) is 8.22. The molecule has 5 heteroatoms. The Bertz CT molecular complexity index is 649. The second kappa shape index (κ2) is 6.11. The summed E-state index contributed by atoms with van der Waals surface area (Å²) in [5.74, 6) is 0.911. The van der Waals surface area contributed by atoms with E-state index in [4.69, 9.17) is 4.74 Å². The van der Waals surface area contributed by atoms with Crippen LogP contribution >= 0.6 is 0 Å². The summed E-state index contributed by atoms with van der Waals surface area (Å²) >= 11 is 0. The third-order valence-electron chi connectivity index (χ3n) is 6.52. The van der Waals surface area contributed by atoms with Gasteiger partial charge in [0.2, 0.25) is 0 Å². The lowest BCUT2D eigenvalue weighted by Gasteiger charge is -2.58. The van der Waals surface area contributed by atoms with Crippen LogP contribution in [0.25, 0.3) is 0 Å². The van der Waals surface area contributed by atoms with Gasteiger partial charge in [-0.2, -0.15) is 0 Å². The molecule has 0 radical (unpaired) electrons. The van der Waals surface area contributed by atoms with Crippen LogP contribution < -0.4 is 5.32 Å². The number of nitrogens with one attached hydrogen (secondary N) is 1. The summed E-state index contributed by atoms with van der Waals surface area (Å²) < 4.78 is 18.1. The fourth-order valence-electron chi connectivity index (χ4n) is 5.93. The molecule has 1 unspecified atom stereocenters. The first kappa shape index (κ1) is 16.6. The Morgan fingerprint density at radius 2 is 1.60 bits per heavy atom. The predicted molar refractivity (Wildman–Crippen MR) is 90.3 cm³/mol. The zero-order chi connectivity index (χ0) is 17.6. The lowest BCUT2D eigenvalue weighted by Crippen LogP contribution is -2.60. The third-order valence-corrected chi connectivity index (χ3v) is 6.52. The number of benzene rings is 1. The van der Waals surface area contributed by atoms with Gasteiger partial charge in [-0.15, -0.1) is 0 Å². The van der Waals surface area contributed by atoms with E-state index >= 15 is 0 Å². The van der Waals surface area contributed by atoms with E-state index in [2.05, 4.69) is 5.32 Å². The molecule has 1 atom stereocenters. The average molecular weight is 345 g/mol. The van der Waals surface area contributed by atoms with Gasteiger partial charge in [-0.05, 0) is 80.5 Å². The monoisotopic (exact) mass is 345 g/mol. The highest BCUT2D eigenvalue weighted by Gasteiger charge is 2.56. The van der Waals surface area contributed by atoms with Crippen LogP contribution in [0.15, 0.2) is 24.3 Å². The van der Waals surface area contributed by atoms with E-state index in [9.17, 15) is 14.0 Å². The zero-order valence-electron chi connectivity index (χ0n) is 14.5. The van der Waals surface area contributed by atoms with Gasteiger partial charge in [-0.3, -0.25) is 4.79 Å². The first-order chi connectivity index (χ1) is 12.0. The van der Waals surface area contributed by atoms with E-state index in [1.807, 2.05) is 0 Å². The van der Waals surface area contributed by atoms with Gasteiger partial charge in [0.05, 0.1) is 7.11 Å². The maximum atomic E-state index is 13.1. The summed E-state index contributed by atoms with van der Waals surface area (Å²) in [5, 5.41) is 2.92. The van der Waals surface area contributed by atoms with E-state index in [0.717, 1.165) is 19.3 Å². The zero-order valence-corrected chi connectivity index (χ0v) is 14.5. The Kier molecular flexibility index (Phi) is 4.05. The molecule has 4 bridgehead atoms. The fourth-order valence-corrected chi connectivity index (χ4v) is 5.93. The first-order valence-corrected chi connectivity index (χ1v) is 9.13. The molecule has 4 aliphatic rings. The summed E-state index contributed by atoms with van der Waals surface area (Å²) in [4.78, 5) is 25.2. The van der Waals surface area contributed by atoms with Gasteiger partial charge in [-0.25, -0.2) is 9.18 Å². The average Bonchev–Trinajstić information content (AvgIpc) is 2.58. The van der Waals surface area contributed by atoms with Crippen molar-refractivity contribution in [3.63, 3.8) is 0 Å². The maximum absolute atomic E-state index is 13.1. The molecule has 1 N–H and O–H groups in total. The van der Waals surface area contributed by atoms with Gasteiger partial charge >= 0.3 is 5.97 Å². The van der Waals surface area contributed by atoms with Crippen LogP contribution in [-0.4, -0.2) is 25.0 Å². The van der Waals surface area contributed by atoms with Crippen molar-refractivity contribution in [1.29, 1.82) is 0 Å². The van der Waals surface area contributed by atoms with Crippen LogP contribution in [0.4, 0.5) is 4.39 Å². The van der Waals surface area contributed by atoms with E-state index < -0.39 is 6.04 Å². The van der Waals surface area contributed by atoms with Crippen LogP contribution in [0, 0.1) is 29.0 Å². The van der Waals surface area contributed by atoms with Crippen molar-refractivity contribution in [1.82, 2.24) is 5.32 Å². The van der Waals surface area contributed by atoms with Crippen LogP contribution in [0.3, 0.4) is 0 Å². The minimum absolute atomic E-state index is 0.183. The Morgan fingerprint density at radius 3 is 2.08 bits per heavy atom. The van der Waals surface area contributed by atoms with Gasteiger partial charge < -0.3 is 10.1 Å². The molecular weight excluding hydrogens is 321 g/mol. The minimum Gasteiger partial charge on any atom is -0.467 e. The van der Waals surface area contributed by atoms with Crippen molar-refractivity contribution >= 4 is 11.9 Å². The summed E-state index contributed by atoms with van der Waals surface area (Å²) in [5.41, 5.74) is 0.178. The van der Waals surface area contributed by atoms with E-state index in [-0.39, 0.29) is 23.1 Å². The van der Waals surface area contributed by atoms with E-state index in [1.54, 1.807) is 0 Å². The van der Waals surface area contributed by atoms with Crippen LogP contribution in [-0.2, 0) is 9.53 Å². The summed E-state index contributed by atoms with van der Waals surface area (Å²) in [6.07, 6.45) is 6.75. The van der Waals surface area contributed by atoms with E-state index in [0.29, 0.717) is 23.3 Å². The number of carbonyl (C=O) groups is 2. The Balaban J connectivity index is 1.59. The largest absolute Gasteiger partial charge is 0.467 e. The molecule has 4 saturated carbocycles. The number of esters is 1. The molecule has 0 aliphatic heterocycles. The summed E-state index contributed by atoms with van der Waals surface area (Å²) in [7, 11) is 1.37.